The topological polar surface area (TPSA) is 73.8 Å². The van der Waals surface area contributed by atoms with E-state index in [0.29, 0.717) is 24.5 Å². The summed E-state index contributed by atoms with van der Waals surface area (Å²) in [5.74, 6) is 0.561. The van der Waals surface area contributed by atoms with Crippen molar-refractivity contribution in [3.63, 3.8) is 0 Å². The molecule has 1 fully saturated rings. The first kappa shape index (κ1) is 22.7. The Labute approximate surface area is 180 Å². The standard InChI is InChI=1S/C22H27F2N3O4/c1-22(2,3)31-21(28)27-11-9-16(10-12-27)17-5-4-6-19(26-17)29-14-15-7-8-18(25-13-15)30-20(23)24/h4-8,13,16,20H,9-12,14H2,1-3H3. The molecule has 0 atom stereocenters. The van der Waals surface area contributed by atoms with Crippen LogP contribution in [0.2, 0.25) is 0 Å². The van der Waals surface area contributed by atoms with Gasteiger partial charge in [-0.15, -0.1) is 0 Å². The van der Waals surface area contributed by atoms with Crippen LogP contribution in [0.5, 0.6) is 11.8 Å². The fraction of sp³-hybridized carbons (Fsp3) is 0.500. The highest BCUT2D eigenvalue weighted by atomic mass is 19.3. The van der Waals surface area contributed by atoms with E-state index in [2.05, 4.69) is 14.7 Å². The number of carbonyl (C=O) groups is 1. The summed E-state index contributed by atoms with van der Waals surface area (Å²) < 4.78 is 39.8. The number of likely N-dealkylation sites (tertiary alicyclic amines) is 1. The van der Waals surface area contributed by atoms with Gasteiger partial charge in [0, 0.05) is 48.6 Å². The summed E-state index contributed by atoms with van der Waals surface area (Å²) in [6, 6.07) is 8.59. The van der Waals surface area contributed by atoms with E-state index in [1.54, 1.807) is 17.0 Å². The summed E-state index contributed by atoms with van der Waals surface area (Å²) in [4.78, 5) is 22.4. The minimum atomic E-state index is -2.91. The number of hydrogen-bond acceptors (Lipinski definition) is 6. The fourth-order valence-corrected chi connectivity index (χ4v) is 3.24. The van der Waals surface area contributed by atoms with Gasteiger partial charge in [-0.05, 0) is 45.7 Å². The molecule has 0 radical (unpaired) electrons. The molecule has 7 nitrogen and oxygen atoms in total. The van der Waals surface area contributed by atoms with Crippen molar-refractivity contribution >= 4 is 6.09 Å². The highest BCUT2D eigenvalue weighted by molar-refractivity contribution is 5.68. The highest BCUT2D eigenvalue weighted by Crippen LogP contribution is 2.28. The zero-order valence-electron chi connectivity index (χ0n) is 17.9. The third kappa shape index (κ3) is 7.04. The molecule has 0 bridgehead atoms. The molecule has 168 valence electrons. The van der Waals surface area contributed by atoms with Crippen LogP contribution >= 0.6 is 0 Å². The number of aromatic nitrogens is 2. The molecule has 3 heterocycles. The van der Waals surface area contributed by atoms with Crippen LogP contribution in [0.3, 0.4) is 0 Å². The Morgan fingerprint density at radius 2 is 1.90 bits per heavy atom. The van der Waals surface area contributed by atoms with Crippen molar-refractivity contribution in [2.75, 3.05) is 13.1 Å². The van der Waals surface area contributed by atoms with Gasteiger partial charge in [-0.3, -0.25) is 0 Å². The quantitative estimate of drug-likeness (QED) is 0.651. The van der Waals surface area contributed by atoms with Gasteiger partial charge in [0.1, 0.15) is 12.2 Å². The second kappa shape index (κ2) is 9.89. The number of carbonyl (C=O) groups excluding carboxylic acids is 1. The zero-order chi connectivity index (χ0) is 22.4. The van der Waals surface area contributed by atoms with Crippen LogP contribution in [0.15, 0.2) is 36.5 Å². The average molecular weight is 435 g/mol. The van der Waals surface area contributed by atoms with Crippen LogP contribution in [0.25, 0.3) is 0 Å². The number of alkyl halides is 2. The van der Waals surface area contributed by atoms with E-state index >= 15 is 0 Å². The molecule has 0 aromatic carbocycles. The Morgan fingerprint density at radius 1 is 1.16 bits per heavy atom. The van der Waals surface area contributed by atoms with Crippen molar-refractivity contribution in [3.8, 4) is 11.8 Å². The lowest BCUT2D eigenvalue weighted by Gasteiger charge is -2.33. The van der Waals surface area contributed by atoms with E-state index in [9.17, 15) is 13.6 Å². The van der Waals surface area contributed by atoms with Gasteiger partial charge in [-0.2, -0.15) is 8.78 Å². The van der Waals surface area contributed by atoms with E-state index in [-0.39, 0.29) is 24.5 Å². The van der Waals surface area contributed by atoms with Crippen molar-refractivity contribution in [1.29, 1.82) is 0 Å². The molecule has 0 N–H and O–H groups in total. The summed E-state index contributed by atoms with van der Waals surface area (Å²) in [5.41, 5.74) is 1.12. The molecule has 0 saturated carbocycles. The summed E-state index contributed by atoms with van der Waals surface area (Å²) in [6.07, 6.45) is 2.74. The molecule has 9 heteroatoms. The number of hydrogen-bond donors (Lipinski definition) is 0. The maximum absolute atomic E-state index is 12.2. The maximum atomic E-state index is 12.2. The zero-order valence-corrected chi connectivity index (χ0v) is 17.9. The molecule has 2 aromatic heterocycles. The summed E-state index contributed by atoms with van der Waals surface area (Å²) in [6.45, 7) is 4.10. The van der Waals surface area contributed by atoms with Gasteiger partial charge in [-0.1, -0.05) is 6.07 Å². The maximum Gasteiger partial charge on any atom is 0.410 e. The minimum absolute atomic E-state index is 0.142. The smallest absolute Gasteiger partial charge is 0.410 e. The molecule has 0 unspecified atom stereocenters. The molecule has 0 aliphatic carbocycles. The SMILES string of the molecule is CC(C)(C)OC(=O)N1CCC(c2cccc(OCc3ccc(OC(F)F)nc3)n2)CC1. The Kier molecular flexibility index (Phi) is 7.25. The van der Waals surface area contributed by atoms with Crippen LogP contribution in [-0.2, 0) is 11.3 Å². The molecule has 1 aliphatic rings. The molecule has 0 spiro atoms. The van der Waals surface area contributed by atoms with Gasteiger partial charge < -0.3 is 19.1 Å². The summed E-state index contributed by atoms with van der Waals surface area (Å²) in [7, 11) is 0. The van der Waals surface area contributed by atoms with Crippen LogP contribution in [0.4, 0.5) is 13.6 Å². The lowest BCUT2D eigenvalue weighted by Crippen LogP contribution is -2.41. The molecule has 1 saturated heterocycles. The van der Waals surface area contributed by atoms with Crippen molar-refractivity contribution < 1.29 is 27.8 Å². The van der Waals surface area contributed by atoms with Gasteiger partial charge in [-0.25, -0.2) is 14.8 Å². The normalized spacial score (nSPS) is 15.1. The Bertz CT molecular complexity index is 864. The van der Waals surface area contributed by atoms with Gasteiger partial charge in [0.2, 0.25) is 11.8 Å². The van der Waals surface area contributed by atoms with Gasteiger partial charge >= 0.3 is 12.7 Å². The van der Waals surface area contributed by atoms with Gasteiger partial charge in [0.05, 0.1) is 0 Å². The van der Waals surface area contributed by atoms with Crippen molar-refractivity contribution in [2.45, 2.75) is 58.4 Å². The number of nitrogens with zero attached hydrogens (tertiary/aromatic N) is 3. The fourth-order valence-electron chi connectivity index (χ4n) is 3.24. The third-order valence-electron chi connectivity index (χ3n) is 4.70. The number of pyridine rings is 2. The Hall–Kier alpha value is -2.97. The van der Waals surface area contributed by atoms with Crippen LogP contribution in [-0.4, -0.2) is 46.3 Å². The van der Waals surface area contributed by atoms with Crippen LogP contribution in [0.1, 0.15) is 50.8 Å². The van der Waals surface area contributed by atoms with Gasteiger partial charge in [0.25, 0.3) is 0 Å². The Morgan fingerprint density at radius 3 is 2.52 bits per heavy atom. The van der Waals surface area contributed by atoms with Crippen molar-refractivity contribution in [1.82, 2.24) is 14.9 Å². The monoisotopic (exact) mass is 435 g/mol. The number of rotatable bonds is 6. The highest BCUT2D eigenvalue weighted by Gasteiger charge is 2.28. The van der Waals surface area contributed by atoms with E-state index in [4.69, 9.17) is 9.47 Å². The van der Waals surface area contributed by atoms with Crippen LogP contribution in [0, 0.1) is 0 Å². The molecule has 1 amide bonds. The first-order valence-corrected chi connectivity index (χ1v) is 10.2. The number of halogens is 2. The first-order chi connectivity index (χ1) is 14.7. The molecule has 1 aliphatic heterocycles. The predicted molar refractivity (Wildman–Crippen MR) is 109 cm³/mol. The number of ether oxygens (including phenoxy) is 3. The van der Waals surface area contributed by atoms with Crippen LogP contribution < -0.4 is 9.47 Å². The van der Waals surface area contributed by atoms with E-state index in [1.807, 2.05) is 32.9 Å². The average Bonchev–Trinajstić information content (AvgIpc) is 2.72. The predicted octanol–water partition coefficient (Wildman–Crippen LogP) is 4.77. The largest absolute Gasteiger partial charge is 0.473 e. The second-order valence-electron chi connectivity index (χ2n) is 8.31. The van der Waals surface area contributed by atoms with E-state index < -0.39 is 12.2 Å². The van der Waals surface area contributed by atoms with E-state index in [0.717, 1.165) is 18.5 Å². The van der Waals surface area contributed by atoms with Gasteiger partial charge in [0.15, 0.2) is 0 Å². The van der Waals surface area contributed by atoms with Crippen molar-refractivity contribution in [2.24, 2.45) is 0 Å². The molecular formula is C22H27F2N3O4. The summed E-state index contributed by atoms with van der Waals surface area (Å²) in [5, 5.41) is 0. The lowest BCUT2D eigenvalue weighted by atomic mass is 9.93. The number of piperidine rings is 1. The first-order valence-electron chi connectivity index (χ1n) is 10.2. The van der Waals surface area contributed by atoms with E-state index in [1.165, 1.54) is 12.3 Å². The molecular weight excluding hydrogens is 408 g/mol. The second-order valence-corrected chi connectivity index (χ2v) is 8.31. The minimum Gasteiger partial charge on any atom is -0.473 e. The molecule has 3 rings (SSSR count). The Balaban J connectivity index is 1.52. The molecule has 2 aromatic rings. The number of amides is 1. The lowest BCUT2D eigenvalue weighted by molar-refractivity contribution is -0.0528. The molecule has 31 heavy (non-hydrogen) atoms. The third-order valence-corrected chi connectivity index (χ3v) is 4.70. The van der Waals surface area contributed by atoms with Crippen molar-refractivity contribution in [3.05, 3.63) is 47.8 Å². The summed E-state index contributed by atoms with van der Waals surface area (Å²) >= 11 is 0.